The van der Waals surface area contributed by atoms with Crippen LogP contribution >= 0.6 is 0 Å². The Labute approximate surface area is 105 Å². The fourth-order valence-corrected chi connectivity index (χ4v) is 1.54. The van der Waals surface area contributed by atoms with Crippen LogP contribution in [0.2, 0.25) is 0 Å². The van der Waals surface area contributed by atoms with E-state index in [1.165, 1.54) is 13.2 Å². The maximum atomic E-state index is 13.9. The Morgan fingerprint density at radius 2 is 2.00 bits per heavy atom. The Hall–Kier alpha value is -1.62. The van der Waals surface area contributed by atoms with Crippen molar-refractivity contribution in [2.45, 2.75) is 26.2 Å². The molecule has 0 aliphatic heterocycles. The number of halogens is 1. The van der Waals surface area contributed by atoms with E-state index in [-0.39, 0.29) is 18.1 Å². The van der Waals surface area contributed by atoms with Gasteiger partial charge in [-0.3, -0.25) is 0 Å². The first-order chi connectivity index (χ1) is 8.27. The summed E-state index contributed by atoms with van der Waals surface area (Å²) >= 11 is 0. The molecule has 0 heterocycles. The van der Waals surface area contributed by atoms with Crippen molar-refractivity contribution in [3.63, 3.8) is 0 Å². The van der Waals surface area contributed by atoms with Crippen LogP contribution in [-0.4, -0.2) is 25.0 Å². The van der Waals surface area contributed by atoms with Crippen LogP contribution in [0.15, 0.2) is 12.1 Å². The molecule has 0 saturated carbocycles. The van der Waals surface area contributed by atoms with E-state index in [4.69, 9.17) is 9.84 Å². The van der Waals surface area contributed by atoms with Gasteiger partial charge < -0.3 is 14.6 Å². The minimum atomic E-state index is -1.16. The van der Waals surface area contributed by atoms with E-state index in [1.54, 1.807) is 0 Å². The van der Waals surface area contributed by atoms with Crippen LogP contribution in [-0.2, 0) is 10.2 Å². The maximum absolute atomic E-state index is 13.9. The van der Waals surface area contributed by atoms with Crippen molar-refractivity contribution in [3.8, 4) is 5.75 Å². The first kappa shape index (κ1) is 14.4. The van der Waals surface area contributed by atoms with Crippen molar-refractivity contribution in [1.82, 2.24) is 0 Å². The fourth-order valence-electron chi connectivity index (χ4n) is 1.54. The highest BCUT2D eigenvalue weighted by Crippen LogP contribution is 2.31. The summed E-state index contributed by atoms with van der Waals surface area (Å²) < 4.78 is 23.6. The molecule has 0 saturated heterocycles. The molecule has 0 atom stereocenters. The third-order valence-electron chi connectivity index (χ3n) is 2.44. The lowest BCUT2D eigenvalue weighted by atomic mass is 9.85. The number of hydrogen-bond donors (Lipinski definition) is 1. The standard InChI is InChI=1S/C13H17FO4/c1-13(2,3)9-5-8(12(15)16)11(6-10(9)14)18-7-17-4/h5-6H,7H2,1-4H3,(H,15,16). The summed E-state index contributed by atoms with van der Waals surface area (Å²) in [7, 11) is 1.40. The number of hydrogen-bond acceptors (Lipinski definition) is 3. The zero-order valence-electron chi connectivity index (χ0n) is 10.9. The molecule has 0 unspecified atom stereocenters. The summed E-state index contributed by atoms with van der Waals surface area (Å²) in [5, 5.41) is 9.10. The summed E-state index contributed by atoms with van der Waals surface area (Å²) in [5.74, 6) is -1.68. The molecule has 5 heteroatoms. The molecule has 0 amide bonds. The Morgan fingerprint density at radius 1 is 1.39 bits per heavy atom. The van der Waals surface area contributed by atoms with Crippen molar-refractivity contribution in [1.29, 1.82) is 0 Å². The fraction of sp³-hybridized carbons (Fsp3) is 0.462. The van der Waals surface area contributed by atoms with E-state index >= 15 is 0 Å². The largest absolute Gasteiger partial charge is 0.478 e. The van der Waals surface area contributed by atoms with Crippen LogP contribution in [0.4, 0.5) is 4.39 Å². The molecule has 1 aromatic carbocycles. The van der Waals surface area contributed by atoms with Gasteiger partial charge in [0, 0.05) is 13.2 Å². The first-order valence-corrected chi connectivity index (χ1v) is 5.46. The zero-order valence-corrected chi connectivity index (χ0v) is 10.9. The molecule has 0 fully saturated rings. The third-order valence-corrected chi connectivity index (χ3v) is 2.44. The molecule has 1 rings (SSSR count). The van der Waals surface area contributed by atoms with Gasteiger partial charge in [-0.1, -0.05) is 20.8 Å². The van der Waals surface area contributed by atoms with Crippen LogP contribution in [0.3, 0.4) is 0 Å². The lowest BCUT2D eigenvalue weighted by Crippen LogP contribution is -2.16. The number of rotatable bonds is 4. The summed E-state index contributed by atoms with van der Waals surface area (Å²) in [6.07, 6.45) is 0. The summed E-state index contributed by atoms with van der Waals surface area (Å²) in [5.41, 5.74) is -0.211. The second-order valence-corrected chi connectivity index (χ2v) is 4.93. The average Bonchev–Trinajstić information content (AvgIpc) is 2.23. The predicted molar refractivity (Wildman–Crippen MR) is 64.6 cm³/mol. The Kier molecular flexibility index (Phi) is 4.29. The highest BCUT2D eigenvalue weighted by molar-refractivity contribution is 5.91. The van der Waals surface area contributed by atoms with Crippen molar-refractivity contribution in [2.75, 3.05) is 13.9 Å². The summed E-state index contributed by atoms with van der Waals surface area (Å²) in [4.78, 5) is 11.1. The molecule has 18 heavy (non-hydrogen) atoms. The molecule has 0 aromatic heterocycles. The van der Waals surface area contributed by atoms with Gasteiger partial charge in [0.2, 0.25) is 0 Å². The number of carboxylic acid groups (broad SMARTS) is 1. The van der Waals surface area contributed by atoms with E-state index in [0.29, 0.717) is 5.56 Å². The molecular formula is C13H17FO4. The quantitative estimate of drug-likeness (QED) is 0.841. The molecule has 100 valence electrons. The maximum Gasteiger partial charge on any atom is 0.339 e. The van der Waals surface area contributed by atoms with Gasteiger partial charge in [0.1, 0.15) is 17.1 Å². The second kappa shape index (κ2) is 5.35. The molecule has 0 spiro atoms. The first-order valence-electron chi connectivity index (χ1n) is 5.46. The lowest BCUT2D eigenvalue weighted by molar-refractivity contribution is 0.0481. The van der Waals surface area contributed by atoms with Crippen LogP contribution in [0, 0.1) is 5.82 Å². The number of ether oxygens (including phenoxy) is 2. The van der Waals surface area contributed by atoms with Crippen molar-refractivity contribution in [2.24, 2.45) is 0 Å². The van der Waals surface area contributed by atoms with Crippen LogP contribution in [0.25, 0.3) is 0 Å². The van der Waals surface area contributed by atoms with Crippen LogP contribution in [0.1, 0.15) is 36.7 Å². The second-order valence-electron chi connectivity index (χ2n) is 4.93. The van der Waals surface area contributed by atoms with E-state index in [9.17, 15) is 9.18 Å². The van der Waals surface area contributed by atoms with Gasteiger partial charge >= 0.3 is 5.97 Å². The Morgan fingerprint density at radius 3 is 2.44 bits per heavy atom. The molecule has 0 aliphatic rings. The lowest BCUT2D eigenvalue weighted by Gasteiger charge is -2.21. The molecule has 4 nitrogen and oxygen atoms in total. The van der Waals surface area contributed by atoms with Crippen molar-refractivity contribution in [3.05, 3.63) is 29.1 Å². The van der Waals surface area contributed by atoms with Gasteiger partial charge in [0.05, 0.1) is 0 Å². The van der Waals surface area contributed by atoms with Gasteiger partial charge in [-0.2, -0.15) is 0 Å². The smallest absolute Gasteiger partial charge is 0.339 e. The Bertz CT molecular complexity index is 449. The minimum absolute atomic E-state index is 0.0325. The van der Waals surface area contributed by atoms with Gasteiger partial charge in [-0.15, -0.1) is 0 Å². The summed E-state index contributed by atoms with van der Waals surface area (Å²) in [6.45, 7) is 5.31. The molecule has 1 N–H and O–H groups in total. The molecule has 0 radical (unpaired) electrons. The van der Waals surface area contributed by atoms with Crippen molar-refractivity contribution < 1.29 is 23.8 Å². The highest BCUT2D eigenvalue weighted by Gasteiger charge is 2.23. The van der Waals surface area contributed by atoms with Gasteiger partial charge in [-0.25, -0.2) is 9.18 Å². The molecule has 0 aliphatic carbocycles. The van der Waals surface area contributed by atoms with E-state index in [0.717, 1.165) is 6.07 Å². The van der Waals surface area contributed by atoms with Gasteiger partial charge in [0.15, 0.2) is 6.79 Å². The number of carboxylic acids is 1. The topological polar surface area (TPSA) is 55.8 Å². The minimum Gasteiger partial charge on any atom is -0.478 e. The van der Waals surface area contributed by atoms with Gasteiger partial charge in [0.25, 0.3) is 0 Å². The normalized spacial score (nSPS) is 11.4. The SMILES string of the molecule is COCOc1cc(F)c(C(C)(C)C)cc1C(=O)O. The average molecular weight is 256 g/mol. The zero-order chi connectivity index (χ0) is 13.9. The monoisotopic (exact) mass is 256 g/mol. The molecule has 0 bridgehead atoms. The van der Waals surface area contributed by atoms with E-state index in [2.05, 4.69) is 4.74 Å². The van der Waals surface area contributed by atoms with Crippen LogP contribution in [0.5, 0.6) is 5.75 Å². The number of methoxy groups -OCH3 is 1. The molecular weight excluding hydrogens is 239 g/mol. The molecule has 1 aromatic rings. The van der Waals surface area contributed by atoms with Crippen LogP contribution < -0.4 is 4.74 Å². The Balaban J connectivity index is 3.30. The van der Waals surface area contributed by atoms with E-state index in [1.807, 2.05) is 20.8 Å². The van der Waals surface area contributed by atoms with Gasteiger partial charge in [-0.05, 0) is 17.0 Å². The van der Waals surface area contributed by atoms with E-state index < -0.39 is 17.2 Å². The summed E-state index contributed by atoms with van der Waals surface area (Å²) in [6, 6.07) is 2.39. The number of carbonyl (C=O) groups is 1. The van der Waals surface area contributed by atoms with Crippen molar-refractivity contribution >= 4 is 5.97 Å². The number of aromatic carboxylic acids is 1. The number of benzene rings is 1. The third kappa shape index (κ3) is 3.20. The highest BCUT2D eigenvalue weighted by atomic mass is 19.1. The predicted octanol–water partition coefficient (Wildman–Crippen LogP) is 2.80.